The average molecular weight is 482 g/mol. The van der Waals surface area contributed by atoms with E-state index in [-0.39, 0.29) is 11.8 Å². The second kappa shape index (κ2) is 11.8. The zero-order valence-corrected chi connectivity index (χ0v) is 20.5. The number of aromatic nitrogens is 2. The third-order valence-electron chi connectivity index (χ3n) is 5.79. The third-order valence-corrected chi connectivity index (χ3v) is 5.79. The van der Waals surface area contributed by atoms with E-state index in [0.717, 1.165) is 22.4 Å². The van der Waals surface area contributed by atoms with Crippen molar-refractivity contribution < 1.29 is 9.59 Å². The normalized spacial score (nSPS) is 11.6. The molecule has 0 fully saturated rings. The summed E-state index contributed by atoms with van der Waals surface area (Å²) >= 11 is 0. The zero-order chi connectivity index (χ0) is 25.3. The molecule has 1 atom stereocenters. The van der Waals surface area contributed by atoms with Crippen LogP contribution >= 0.6 is 0 Å². The first-order valence-electron chi connectivity index (χ1n) is 12.1. The van der Waals surface area contributed by atoms with Crippen LogP contribution in [0.2, 0.25) is 0 Å². The van der Waals surface area contributed by atoms with Crippen molar-refractivity contribution in [3.05, 3.63) is 108 Å². The quantitative estimate of drug-likeness (QED) is 0.312. The monoisotopic (exact) mass is 481 g/mol. The molecule has 0 aliphatic carbocycles. The van der Waals surface area contributed by atoms with Crippen LogP contribution in [-0.2, 0) is 17.9 Å². The van der Waals surface area contributed by atoms with Crippen molar-refractivity contribution in [2.24, 2.45) is 5.92 Å². The number of hydrogen-bond acceptors (Lipinski definition) is 3. The van der Waals surface area contributed by atoms with Crippen LogP contribution in [0.25, 0.3) is 11.3 Å². The summed E-state index contributed by atoms with van der Waals surface area (Å²) in [4.78, 5) is 25.6. The lowest BCUT2D eigenvalue weighted by Crippen LogP contribution is -2.50. The van der Waals surface area contributed by atoms with Gasteiger partial charge in [0, 0.05) is 29.6 Å². The fourth-order valence-electron chi connectivity index (χ4n) is 3.94. The molecule has 184 valence electrons. The van der Waals surface area contributed by atoms with Crippen molar-refractivity contribution in [3.63, 3.8) is 0 Å². The summed E-state index contributed by atoms with van der Waals surface area (Å²) in [5.74, 6) is -0.344. The number of benzene rings is 3. The van der Waals surface area contributed by atoms with E-state index < -0.39 is 12.1 Å². The van der Waals surface area contributed by atoms with Gasteiger partial charge in [-0.3, -0.25) is 9.48 Å². The van der Waals surface area contributed by atoms with E-state index in [1.165, 1.54) is 0 Å². The Hall–Kier alpha value is -4.39. The van der Waals surface area contributed by atoms with E-state index in [2.05, 4.69) is 28.1 Å². The molecule has 0 radical (unpaired) electrons. The van der Waals surface area contributed by atoms with Crippen molar-refractivity contribution in [3.8, 4) is 11.3 Å². The number of urea groups is 1. The van der Waals surface area contributed by atoms with E-state index in [0.29, 0.717) is 18.8 Å². The van der Waals surface area contributed by atoms with Gasteiger partial charge < -0.3 is 16.0 Å². The molecule has 0 aliphatic rings. The first-order chi connectivity index (χ1) is 17.5. The summed E-state index contributed by atoms with van der Waals surface area (Å²) in [6.45, 7) is 4.73. The Kier molecular flexibility index (Phi) is 8.13. The lowest BCUT2D eigenvalue weighted by atomic mass is 10.0. The Labute approximate surface area is 211 Å². The molecule has 4 rings (SSSR count). The van der Waals surface area contributed by atoms with Crippen molar-refractivity contribution in [2.45, 2.75) is 33.0 Å². The maximum Gasteiger partial charge on any atom is 0.319 e. The molecule has 3 amide bonds. The molecule has 3 aromatic carbocycles. The zero-order valence-electron chi connectivity index (χ0n) is 20.5. The highest BCUT2D eigenvalue weighted by Gasteiger charge is 2.24. The molecule has 0 spiro atoms. The lowest BCUT2D eigenvalue weighted by molar-refractivity contribution is -0.124. The van der Waals surface area contributed by atoms with Crippen LogP contribution < -0.4 is 16.0 Å². The fraction of sp³-hybridized carbons (Fsp3) is 0.207. The predicted molar refractivity (Wildman–Crippen MR) is 142 cm³/mol. The molecule has 1 heterocycles. The minimum Gasteiger partial charge on any atom is -0.350 e. The van der Waals surface area contributed by atoms with E-state index in [1.807, 2.05) is 91.5 Å². The molecule has 3 N–H and O–H groups in total. The first kappa shape index (κ1) is 24.7. The molecule has 0 aliphatic heterocycles. The highest BCUT2D eigenvalue weighted by atomic mass is 16.2. The van der Waals surface area contributed by atoms with Crippen LogP contribution in [-0.4, -0.2) is 27.8 Å². The number of nitrogens with zero attached hydrogens (tertiary/aromatic N) is 2. The number of anilines is 1. The second-order valence-electron chi connectivity index (χ2n) is 8.96. The number of rotatable bonds is 9. The Bertz CT molecular complexity index is 1270. The van der Waals surface area contributed by atoms with Gasteiger partial charge in [-0.2, -0.15) is 5.10 Å². The summed E-state index contributed by atoms with van der Waals surface area (Å²) in [7, 11) is 0. The number of carbonyl (C=O) groups is 2. The topological polar surface area (TPSA) is 88.0 Å². The van der Waals surface area contributed by atoms with Gasteiger partial charge in [0.05, 0.1) is 12.2 Å². The van der Waals surface area contributed by atoms with E-state index >= 15 is 0 Å². The van der Waals surface area contributed by atoms with Crippen molar-refractivity contribution in [2.75, 3.05) is 5.32 Å². The maximum atomic E-state index is 13.1. The molecule has 7 nitrogen and oxygen atoms in total. The van der Waals surface area contributed by atoms with Gasteiger partial charge in [0.15, 0.2) is 0 Å². The van der Waals surface area contributed by atoms with E-state index in [4.69, 9.17) is 5.10 Å². The Balaban J connectivity index is 1.46. The fourth-order valence-corrected chi connectivity index (χ4v) is 3.94. The highest BCUT2D eigenvalue weighted by Crippen LogP contribution is 2.22. The highest BCUT2D eigenvalue weighted by molar-refractivity contribution is 5.93. The smallest absolute Gasteiger partial charge is 0.319 e. The summed E-state index contributed by atoms with van der Waals surface area (Å²) in [5.41, 5.74) is 4.51. The van der Waals surface area contributed by atoms with Gasteiger partial charge in [0.25, 0.3) is 0 Å². The van der Waals surface area contributed by atoms with Crippen LogP contribution in [0, 0.1) is 5.92 Å². The largest absolute Gasteiger partial charge is 0.350 e. The van der Waals surface area contributed by atoms with Crippen LogP contribution in [0.4, 0.5) is 10.5 Å². The van der Waals surface area contributed by atoms with Gasteiger partial charge in [0.1, 0.15) is 6.04 Å². The average Bonchev–Trinajstić information content (AvgIpc) is 3.30. The number of para-hydroxylation sites is 1. The standard InChI is InChI=1S/C29H31N5O2/c1-21(2)26(32-29(36)31-25-16-10-5-11-17-25)28(35)30-18-24-20-34(19-22-12-6-3-7-13-22)33-27(24)23-14-8-4-9-15-23/h3-17,20-21,26H,18-19H2,1-2H3,(H,30,35)(H2,31,32,36)/t26-/m1/s1. The maximum absolute atomic E-state index is 13.1. The summed E-state index contributed by atoms with van der Waals surface area (Å²) in [6, 6.07) is 28.1. The molecule has 36 heavy (non-hydrogen) atoms. The van der Waals surface area contributed by atoms with Crippen LogP contribution in [0.15, 0.2) is 97.2 Å². The minimum absolute atomic E-state index is 0.0964. The molecule has 0 unspecified atom stereocenters. The summed E-state index contributed by atoms with van der Waals surface area (Å²) < 4.78 is 1.89. The predicted octanol–water partition coefficient (Wildman–Crippen LogP) is 5.06. The third kappa shape index (κ3) is 6.60. The molecule has 1 aromatic heterocycles. The molecular formula is C29H31N5O2. The van der Waals surface area contributed by atoms with Crippen LogP contribution in [0.5, 0.6) is 0 Å². The van der Waals surface area contributed by atoms with Gasteiger partial charge >= 0.3 is 6.03 Å². The molecule has 7 heteroatoms. The molecule has 4 aromatic rings. The first-order valence-corrected chi connectivity index (χ1v) is 12.1. The second-order valence-corrected chi connectivity index (χ2v) is 8.96. The van der Waals surface area contributed by atoms with Gasteiger partial charge in [-0.25, -0.2) is 4.79 Å². The van der Waals surface area contributed by atoms with E-state index in [1.54, 1.807) is 12.1 Å². The number of nitrogens with one attached hydrogen (secondary N) is 3. The van der Waals surface area contributed by atoms with Crippen molar-refractivity contribution >= 4 is 17.6 Å². The van der Waals surface area contributed by atoms with Gasteiger partial charge in [0.2, 0.25) is 5.91 Å². The van der Waals surface area contributed by atoms with Crippen molar-refractivity contribution in [1.29, 1.82) is 0 Å². The SMILES string of the molecule is CC(C)[C@@H](NC(=O)Nc1ccccc1)C(=O)NCc1cn(Cc2ccccc2)nc1-c1ccccc1. The molecule has 0 saturated heterocycles. The molecular weight excluding hydrogens is 450 g/mol. The Morgan fingerprint density at radius 3 is 2.11 bits per heavy atom. The van der Waals surface area contributed by atoms with Gasteiger partial charge in [-0.1, -0.05) is 92.7 Å². The van der Waals surface area contributed by atoms with Gasteiger partial charge in [-0.05, 0) is 23.6 Å². The van der Waals surface area contributed by atoms with E-state index in [9.17, 15) is 9.59 Å². The Morgan fingerprint density at radius 1 is 0.861 bits per heavy atom. The molecule has 0 saturated carbocycles. The number of amides is 3. The van der Waals surface area contributed by atoms with Crippen LogP contribution in [0.3, 0.4) is 0 Å². The summed E-state index contributed by atoms with van der Waals surface area (Å²) in [5, 5.41) is 13.4. The minimum atomic E-state index is -0.687. The lowest BCUT2D eigenvalue weighted by Gasteiger charge is -2.22. The van der Waals surface area contributed by atoms with Crippen LogP contribution in [0.1, 0.15) is 25.0 Å². The number of carbonyl (C=O) groups excluding carboxylic acids is 2. The molecule has 0 bridgehead atoms. The van der Waals surface area contributed by atoms with Gasteiger partial charge in [-0.15, -0.1) is 0 Å². The number of hydrogen-bond donors (Lipinski definition) is 3. The van der Waals surface area contributed by atoms with Crippen molar-refractivity contribution in [1.82, 2.24) is 20.4 Å². The summed E-state index contributed by atoms with van der Waals surface area (Å²) in [6.07, 6.45) is 1.97. The Morgan fingerprint density at radius 2 is 1.47 bits per heavy atom.